The Morgan fingerprint density at radius 2 is 2.26 bits per heavy atom. The van der Waals surface area contributed by atoms with Crippen molar-refractivity contribution >= 4 is 47.1 Å². The van der Waals surface area contributed by atoms with Gasteiger partial charge in [-0.05, 0) is 36.9 Å². The van der Waals surface area contributed by atoms with E-state index in [1.54, 1.807) is 11.3 Å². The number of thiophene rings is 1. The maximum atomic E-state index is 5.59. The number of hydrogen-bond acceptors (Lipinski definition) is 5. The molecule has 1 aliphatic rings. The van der Waals surface area contributed by atoms with E-state index in [9.17, 15) is 0 Å². The largest absolute Gasteiger partial charge is 0.375 e. The summed E-state index contributed by atoms with van der Waals surface area (Å²) in [6, 6.07) is 8.37. The summed E-state index contributed by atoms with van der Waals surface area (Å²) in [6.45, 7) is 8.94. The second kappa shape index (κ2) is 11.5. The number of aromatic nitrogens is 1. The summed E-state index contributed by atoms with van der Waals surface area (Å²) in [7, 11) is 0. The zero-order chi connectivity index (χ0) is 18.2. The number of morpholine rings is 1. The topological polar surface area (TPSA) is 61.8 Å². The number of nitrogens with zero attached hydrogens (tertiary/aromatic N) is 3. The third-order valence-corrected chi connectivity index (χ3v) is 5.02. The van der Waals surface area contributed by atoms with Crippen LogP contribution in [0.5, 0.6) is 0 Å². The lowest BCUT2D eigenvalue weighted by molar-refractivity contribution is 0.0529. The summed E-state index contributed by atoms with van der Waals surface area (Å²) in [5.41, 5.74) is 1.10. The molecule has 1 saturated heterocycles. The molecule has 27 heavy (non-hydrogen) atoms. The average Bonchev–Trinajstić information content (AvgIpc) is 3.18. The Kier molecular flexibility index (Phi) is 9.29. The van der Waals surface area contributed by atoms with Crippen LogP contribution in [0.4, 0.5) is 5.82 Å². The normalized spacial score (nSPS) is 17.3. The summed E-state index contributed by atoms with van der Waals surface area (Å²) < 4.78 is 5.59. The fraction of sp³-hybridized carbons (Fsp3) is 0.474. The van der Waals surface area contributed by atoms with Crippen LogP contribution in [0.15, 0.2) is 40.8 Å². The van der Waals surface area contributed by atoms with Crippen molar-refractivity contribution in [2.45, 2.75) is 33.0 Å². The van der Waals surface area contributed by atoms with Gasteiger partial charge in [-0.3, -0.25) is 0 Å². The highest BCUT2D eigenvalue weighted by molar-refractivity contribution is 14.0. The Balaban J connectivity index is 0.00000261. The number of hydrogen-bond donors (Lipinski definition) is 2. The van der Waals surface area contributed by atoms with E-state index in [1.807, 2.05) is 6.20 Å². The molecular formula is C19H28IN5OS. The molecule has 2 N–H and O–H groups in total. The molecule has 0 radical (unpaired) electrons. The van der Waals surface area contributed by atoms with E-state index < -0.39 is 0 Å². The fourth-order valence-electron chi connectivity index (χ4n) is 2.82. The summed E-state index contributed by atoms with van der Waals surface area (Å²) >= 11 is 1.74. The molecule has 0 aliphatic carbocycles. The lowest BCUT2D eigenvalue weighted by Crippen LogP contribution is -2.41. The number of ether oxygens (including phenoxy) is 1. The lowest BCUT2D eigenvalue weighted by atomic mass is 10.2. The number of guanidine groups is 1. The van der Waals surface area contributed by atoms with Gasteiger partial charge in [0.25, 0.3) is 0 Å². The number of anilines is 1. The van der Waals surface area contributed by atoms with Gasteiger partial charge in [-0.15, -0.1) is 35.3 Å². The number of pyridine rings is 1. The SMILES string of the molecule is CCNC(=NCc1ccc(N2CCOC(C)C2)nc1)NCc1cccs1.I. The third-order valence-electron chi connectivity index (χ3n) is 4.15. The molecule has 0 amide bonds. The first-order valence-corrected chi connectivity index (χ1v) is 9.98. The van der Waals surface area contributed by atoms with Gasteiger partial charge in [0.1, 0.15) is 5.82 Å². The van der Waals surface area contributed by atoms with Gasteiger partial charge in [0.2, 0.25) is 0 Å². The van der Waals surface area contributed by atoms with Gasteiger partial charge in [-0.1, -0.05) is 12.1 Å². The van der Waals surface area contributed by atoms with Crippen LogP contribution >= 0.6 is 35.3 Å². The van der Waals surface area contributed by atoms with Crippen LogP contribution in [0.2, 0.25) is 0 Å². The summed E-state index contributed by atoms with van der Waals surface area (Å²) in [5.74, 6) is 1.84. The minimum atomic E-state index is 0. The molecule has 1 atom stereocenters. The van der Waals surface area contributed by atoms with E-state index in [0.717, 1.165) is 50.1 Å². The van der Waals surface area contributed by atoms with E-state index >= 15 is 0 Å². The van der Waals surface area contributed by atoms with Gasteiger partial charge in [0, 0.05) is 30.7 Å². The quantitative estimate of drug-likeness (QED) is 0.362. The summed E-state index contributed by atoms with van der Waals surface area (Å²) in [5, 5.41) is 8.74. The first kappa shape index (κ1) is 21.9. The monoisotopic (exact) mass is 501 g/mol. The van der Waals surface area contributed by atoms with Crippen LogP contribution in [0, 0.1) is 0 Å². The Morgan fingerprint density at radius 1 is 1.37 bits per heavy atom. The molecule has 148 valence electrons. The first-order valence-electron chi connectivity index (χ1n) is 9.10. The molecule has 6 nitrogen and oxygen atoms in total. The van der Waals surface area contributed by atoms with Crippen LogP contribution in [0.3, 0.4) is 0 Å². The minimum absolute atomic E-state index is 0. The van der Waals surface area contributed by atoms with Crippen LogP contribution in [-0.4, -0.2) is 43.3 Å². The van der Waals surface area contributed by atoms with Crippen molar-refractivity contribution in [1.82, 2.24) is 15.6 Å². The Bertz CT molecular complexity index is 693. The van der Waals surface area contributed by atoms with Gasteiger partial charge in [-0.2, -0.15) is 0 Å². The van der Waals surface area contributed by atoms with Crippen LogP contribution < -0.4 is 15.5 Å². The highest BCUT2D eigenvalue weighted by atomic mass is 127. The van der Waals surface area contributed by atoms with E-state index in [-0.39, 0.29) is 30.1 Å². The van der Waals surface area contributed by atoms with Crippen molar-refractivity contribution in [1.29, 1.82) is 0 Å². The molecule has 0 bridgehead atoms. The molecule has 8 heteroatoms. The standard InChI is InChI=1S/C19H27N5OS.HI/c1-3-20-19(23-13-17-5-4-10-26-17)22-12-16-6-7-18(21-11-16)24-8-9-25-15(2)14-24;/h4-7,10-11,15H,3,8-9,12-14H2,1-2H3,(H2,20,22,23);1H. The number of rotatable bonds is 6. The molecule has 1 fully saturated rings. The predicted molar refractivity (Wildman–Crippen MR) is 123 cm³/mol. The Morgan fingerprint density at radius 3 is 2.93 bits per heavy atom. The molecular weight excluding hydrogens is 473 g/mol. The smallest absolute Gasteiger partial charge is 0.191 e. The second-order valence-electron chi connectivity index (χ2n) is 6.28. The molecule has 0 saturated carbocycles. The number of halogens is 1. The van der Waals surface area contributed by atoms with Crippen molar-refractivity contribution in [3.8, 4) is 0 Å². The van der Waals surface area contributed by atoms with Gasteiger partial charge >= 0.3 is 0 Å². The maximum Gasteiger partial charge on any atom is 0.191 e. The van der Waals surface area contributed by atoms with Crippen molar-refractivity contribution in [3.05, 3.63) is 46.3 Å². The average molecular weight is 501 g/mol. The van der Waals surface area contributed by atoms with Gasteiger partial charge in [0.05, 0.1) is 25.8 Å². The zero-order valence-corrected chi connectivity index (χ0v) is 19.0. The van der Waals surface area contributed by atoms with Crippen molar-refractivity contribution < 1.29 is 4.74 Å². The summed E-state index contributed by atoms with van der Waals surface area (Å²) in [4.78, 5) is 12.8. The third kappa shape index (κ3) is 6.93. The minimum Gasteiger partial charge on any atom is -0.375 e. The molecule has 3 heterocycles. The van der Waals surface area contributed by atoms with E-state index in [1.165, 1.54) is 4.88 Å². The fourth-order valence-corrected chi connectivity index (χ4v) is 3.46. The Hall–Kier alpha value is -1.39. The Labute approximate surface area is 182 Å². The molecule has 2 aromatic heterocycles. The van der Waals surface area contributed by atoms with E-state index in [4.69, 9.17) is 4.74 Å². The van der Waals surface area contributed by atoms with E-state index in [0.29, 0.717) is 6.54 Å². The molecule has 2 aromatic rings. The highest BCUT2D eigenvalue weighted by Crippen LogP contribution is 2.15. The second-order valence-corrected chi connectivity index (χ2v) is 7.31. The predicted octanol–water partition coefficient (Wildman–Crippen LogP) is 3.24. The number of nitrogens with one attached hydrogen (secondary N) is 2. The molecule has 3 rings (SSSR count). The van der Waals surface area contributed by atoms with Gasteiger partial charge in [0.15, 0.2) is 5.96 Å². The van der Waals surface area contributed by atoms with Gasteiger partial charge in [-0.25, -0.2) is 9.98 Å². The van der Waals surface area contributed by atoms with Crippen LogP contribution in [-0.2, 0) is 17.8 Å². The van der Waals surface area contributed by atoms with Crippen LogP contribution in [0.1, 0.15) is 24.3 Å². The van der Waals surface area contributed by atoms with E-state index in [2.05, 4.69) is 69.0 Å². The molecule has 0 spiro atoms. The van der Waals surface area contributed by atoms with Crippen molar-refractivity contribution in [2.75, 3.05) is 31.1 Å². The highest BCUT2D eigenvalue weighted by Gasteiger charge is 2.17. The lowest BCUT2D eigenvalue weighted by Gasteiger charge is -2.32. The summed E-state index contributed by atoms with van der Waals surface area (Å²) in [6.07, 6.45) is 2.17. The number of aliphatic imine (C=N–C) groups is 1. The molecule has 0 aromatic carbocycles. The van der Waals surface area contributed by atoms with Crippen molar-refractivity contribution in [2.24, 2.45) is 4.99 Å². The first-order chi connectivity index (χ1) is 12.7. The van der Waals surface area contributed by atoms with Crippen LogP contribution in [0.25, 0.3) is 0 Å². The zero-order valence-electron chi connectivity index (χ0n) is 15.9. The maximum absolute atomic E-state index is 5.59. The van der Waals surface area contributed by atoms with Crippen molar-refractivity contribution in [3.63, 3.8) is 0 Å². The van der Waals surface area contributed by atoms with Gasteiger partial charge < -0.3 is 20.3 Å². The molecule has 1 aliphatic heterocycles. The molecule has 1 unspecified atom stereocenters.